The molecule has 0 radical (unpaired) electrons. The molecule has 1 aromatic heterocycles. The van der Waals surface area contributed by atoms with Crippen molar-refractivity contribution in [2.45, 2.75) is 39.2 Å². The maximum atomic E-state index is 12.4. The number of nitrogens with zero attached hydrogens (tertiary/aromatic N) is 4. The molecule has 2 amide bonds. The van der Waals surface area contributed by atoms with Crippen LogP contribution >= 0.6 is 0 Å². The second-order valence-electron chi connectivity index (χ2n) is 7.69. The fraction of sp³-hybridized carbons (Fsp3) is 0.545. The summed E-state index contributed by atoms with van der Waals surface area (Å²) < 4.78 is 10.6. The monoisotopic (exact) mass is 429 g/mol. The quantitative estimate of drug-likeness (QED) is 0.577. The van der Waals surface area contributed by atoms with Crippen LogP contribution in [0.3, 0.4) is 0 Å². The van der Waals surface area contributed by atoms with Gasteiger partial charge in [0.15, 0.2) is 0 Å². The van der Waals surface area contributed by atoms with Gasteiger partial charge in [-0.25, -0.2) is 0 Å². The van der Waals surface area contributed by atoms with Crippen molar-refractivity contribution in [3.05, 3.63) is 30.2 Å². The summed E-state index contributed by atoms with van der Waals surface area (Å²) in [6.45, 7) is 5.77. The molecule has 0 aliphatic carbocycles. The Labute approximate surface area is 182 Å². The molecule has 1 N–H and O–H groups in total. The summed E-state index contributed by atoms with van der Waals surface area (Å²) in [5.74, 6) is 2.12. The Kier molecular flexibility index (Phi) is 8.40. The van der Waals surface area contributed by atoms with Gasteiger partial charge in [0, 0.05) is 51.6 Å². The zero-order valence-electron chi connectivity index (χ0n) is 18.3. The minimum atomic E-state index is -0.00793. The minimum Gasteiger partial charge on any atom is -0.497 e. The Morgan fingerprint density at radius 3 is 2.52 bits per heavy atom. The van der Waals surface area contributed by atoms with Crippen LogP contribution in [-0.2, 0) is 16.1 Å². The third kappa shape index (κ3) is 7.06. The number of piperazine rings is 1. The lowest BCUT2D eigenvalue weighted by Crippen LogP contribution is -2.48. The highest BCUT2D eigenvalue weighted by molar-refractivity contribution is 5.76. The van der Waals surface area contributed by atoms with Crippen LogP contribution in [0.15, 0.2) is 28.8 Å². The number of hydrogen-bond donors (Lipinski definition) is 1. The Balaban J connectivity index is 1.36. The lowest BCUT2D eigenvalue weighted by molar-refractivity contribution is -0.133. The normalized spacial score (nSPS) is 14.5. The van der Waals surface area contributed by atoms with Crippen LogP contribution < -0.4 is 10.1 Å². The van der Waals surface area contributed by atoms with Gasteiger partial charge in [-0.05, 0) is 37.1 Å². The summed E-state index contributed by atoms with van der Waals surface area (Å²) >= 11 is 0. The van der Waals surface area contributed by atoms with Gasteiger partial charge in [-0.15, -0.1) is 0 Å². The van der Waals surface area contributed by atoms with E-state index < -0.39 is 0 Å². The lowest BCUT2D eigenvalue weighted by Gasteiger charge is -2.34. The number of carbonyl (C=O) groups excluding carboxylic acids is 2. The molecule has 2 aromatic rings. The van der Waals surface area contributed by atoms with E-state index in [0.717, 1.165) is 43.7 Å². The zero-order chi connectivity index (χ0) is 22.1. The SMILES string of the molecule is COc1ccc(-c2noc(CN3CCN(C(=O)CCCCCNC(C)=O)CC3)n2)cc1. The van der Waals surface area contributed by atoms with Crippen molar-refractivity contribution >= 4 is 11.8 Å². The number of aromatic nitrogens is 2. The molecule has 2 heterocycles. The molecule has 3 rings (SSSR count). The average Bonchev–Trinajstić information content (AvgIpc) is 3.25. The standard InChI is InChI=1S/C22H31N5O4/c1-17(28)23-11-5-3-4-6-21(29)27-14-12-26(13-15-27)16-20-24-22(25-31-20)18-7-9-19(30-2)10-8-18/h7-10H,3-6,11-16H2,1-2H3,(H,23,28). The molecule has 9 heteroatoms. The summed E-state index contributed by atoms with van der Waals surface area (Å²) in [7, 11) is 1.63. The van der Waals surface area contributed by atoms with Gasteiger partial charge in [-0.3, -0.25) is 14.5 Å². The highest BCUT2D eigenvalue weighted by Gasteiger charge is 2.22. The van der Waals surface area contributed by atoms with Gasteiger partial charge >= 0.3 is 0 Å². The Hall–Kier alpha value is -2.94. The molecule has 0 spiro atoms. The Morgan fingerprint density at radius 1 is 1.10 bits per heavy atom. The fourth-order valence-corrected chi connectivity index (χ4v) is 3.52. The first kappa shape index (κ1) is 22.7. The molecule has 1 aliphatic rings. The maximum absolute atomic E-state index is 12.4. The second-order valence-corrected chi connectivity index (χ2v) is 7.69. The molecule has 31 heavy (non-hydrogen) atoms. The summed E-state index contributed by atoms with van der Waals surface area (Å²) in [6, 6.07) is 7.53. The maximum Gasteiger partial charge on any atom is 0.241 e. The minimum absolute atomic E-state index is 0.00793. The topological polar surface area (TPSA) is 101 Å². The first-order valence-corrected chi connectivity index (χ1v) is 10.8. The van der Waals surface area contributed by atoms with Gasteiger partial charge in [0.05, 0.1) is 13.7 Å². The van der Waals surface area contributed by atoms with Crippen LogP contribution in [0.1, 0.15) is 38.5 Å². The van der Waals surface area contributed by atoms with Gasteiger partial charge in [0.25, 0.3) is 0 Å². The number of hydrogen-bond acceptors (Lipinski definition) is 7. The fourth-order valence-electron chi connectivity index (χ4n) is 3.52. The van der Waals surface area contributed by atoms with Crippen molar-refractivity contribution in [2.24, 2.45) is 0 Å². The third-order valence-electron chi connectivity index (χ3n) is 5.34. The molecule has 0 saturated carbocycles. The Bertz CT molecular complexity index is 844. The molecule has 0 unspecified atom stereocenters. The molecule has 1 aromatic carbocycles. The first-order valence-electron chi connectivity index (χ1n) is 10.8. The molecule has 168 valence electrons. The van der Waals surface area contributed by atoms with E-state index in [2.05, 4.69) is 20.4 Å². The van der Waals surface area contributed by atoms with Crippen molar-refractivity contribution in [3.8, 4) is 17.1 Å². The molecule has 1 aliphatic heterocycles. The molecule has 0 atom stereocenters. The van der Waals surface area contributed by atoms with Crippen molar-refractivity contribution in [1.82, 2.24) is 25.3 Å². The van der Waals surface area contributed by atoms with Crippen LogP contribution in [0.25, 0.3) is 11.4 Å². The van der Waals surface area contributed by atoms with Gasteiger partial charge in [0.2, 0.25) is 23.5 Å². The van der Waals surface area contributed by atoms with E-state index in [-0.39, 0.29) is 11.8 Å². The third-order valence-corrected chi connectivity index (χ3v) is 5.34. The Morgan fingerprint density at radius 2 is 1.84 bits per heavy atom. The van der Waals surface area contributed by atoms with Crippen LogP contribution in [0.2, 0.25) is 0 Å². The van der Waals surface area contributed by atoms with E-state index >= 15 is 0 Å². The van der Waals surface area contributed by atoms with E-state index in [0.29, 0.717) is 44.3 Å². The predicted octanol–water partition coefficient (Wildman–Crippen LogP) is 2.09. The van der Waals surface area contributed by atoms with Gasteiger partial charge in [0.1, 0.15) is 5.75 Å². The number of unbranched alkanes of at least 4 members (excludes halogenated alkanes) is 2. The molecular formula is C22H31N5O4. The number of ether oxygens (including phenoxy) is 1. The number of carbonyl (C=O) groups is 2. The van der Waals surface area contributed by atoms with Crippen LogP contribution in [0.5, 0.6) is 5.75 Å². The molecule has 9 nitrogen and oxygen atoms in total. The lowest BCUT2D eigenvalue weighted by atomic mass is 10.1. The van der Waals surface area contributed by atoms with Crippen molar-refractivity contribution < 1.29 is 18.8 Å². The molecular weight excluding hydrogens is 398 g/mol. The summed E-state index contributed by atoms with van der Waals surface area (Å²) in [4.78, 5) is 31.9. The van der Waals surface area contributed by atoms with Crippen LogP contribution in [0.4, 0.5) is 0 Å². The van der Waals surface area contributed by atoms with Gasteiger partial charge in [-0.1, -0.05) is 11.6 Å². The van der Waals surface area contributed by atoms with Gasteiger partial charge < -0.3 is 19.5 Å². The van der Waals surface area contributed by atoms with E-state index in [1.807, 2.05) is 29.2 Å². The van der Waals surface area contributed by atoms with E-state index in [4.69, 9.17) is 9.26 Å². The number of nitrogens with one attached hydrogen (secondary N) is 1. The summed E-state index contributed by atoms with van der Waals surface area (Å²) in [5, 5.41) is 6.85. The van der Waals surface area contributed by atoms with E-state index in [1.54, 1.807) is 7.11 Å². The van der Waals surface area contributed by atoms with Crippen molar-refractivity contribution in [1.29, 1.82) is 0 Å². The predicted molar refractivity (Wildman–Crippen MR) is 115 cm³/mol. The number of benzene rings is 1. The van der Waals surface area contributed by atoms with E-state index in [1.165, 1.54) is 6.92 Å². The first-order chi connectivity index (χ1) is 15.0. The zero-order valence-corrected chi connectivity index (χ0v) is 18.3. The molecule has 0 bridgehead atoms. The average molecular weight is 430 g/mol. The van der Waals surface area contributed by atoms with Crippen molar-refractivity contribution in [2.75, 3.05) is 39.8 Å². The highest BCUT2D eigenvalue weighted by Crippen LogP contribution is 2.20. The summed E-state index contributed by atoms with van der Waals surface area (Å²) in [6.07, 6.45) is 3.27. The molecule has 1 fully saturated rings. The molecule has 1 saturated heterocycles. The smallest absolute Gasteiger partial charge is 0.241 e. The van der Waals surface area contributed by atoms with Gasteiger partial charge in [-0.2, -0.15) is 4.98 Å². The summed E-state index contributed by atoms with van der Waals surface area (Å²) in [5.41, 5.74) is 0.878. The number of amides is 2. The van der Waals surface area contributed by atoms with Crippen molar-refractivity contribution in [3.63, 3.8) is 0 Å². The second kappa shape index (κ2) is 11.5. The largest absolute Gasteiger partial charge is 0.497 e. The number of methoxy groups -OCH3 is 1. The van der Waals surface area contributed by atoms with Crippen LogP contribution in [0, 0.1) is 0 Å². The van der Waals surface area contributed by atoms with E-state index in [9.17, 15) is 9.59 Å². The highest BCUT2D eigenvalue weighted by atomic mass is 16.5. The number of rotatable bonds is 10. The van der Waals surface area contributed by atoms with Crippen LogP contribution in [-0.4, -0.2) is 71.6 Å².